The third kappa shape index (κ3) is 3.56. The minimum atomic E-state index is 0.716. The zero-order valence-electron chi connectivity index (χ0n) is 13.7. The maximum atomic E-state index is 9.20. The summed E-state index contributed by atoms with van der Waals surface area (Å²) in [4.78, 5) is 2.26. The van der Waals surface area contributed by atoms with Gasteiger partial charge in [0, 0.05) is 19.3 Å². The molecule has 0 aromatic heterocycles. The zero-order chi connectivity index (χ0) is 16.1. The first-order valence-electron chi connectivity index (χ1n) is 7.46. The van der Waals surface area contributed by atoms with Gasteiger partial charge in [-0.15, -0.1) is 0 Å². The largest absolute Gasteiger partial charge is 0.374 e. The number of rotatable bonds is 4. The maximum Gasteiger partial charge on any atom is 0.0998 e. The summed E-state index contributed by atoms with van der Waals surface area (Å²) in [5.74, 6) is 0. The molecule has 0 aliphatic rings. The van der Waals surface area contributed by atoms with E-state index in [0.29, 0.717) is 5.56 Å². The molecule has 2 aromatic rings. The van der Waals surface area contributed by atoms with E-state index >= 15 is 0 Å². The van der Waals surface area contributed by atoms with Gasteiger partial charge in [0.05, 0.1) is 11.6 Å². The average molecular weight is 290 g/mol. The number of hydrogen-bond donors (Lipinski definition) is 0. The van der Waals surface area contributed by atoms with Crippen molar-refractivity contribution in [3.05, 3.63) is 70.9 Å². The molecule has 0 heterocycles. The highest BCUT2D eigenvalue weighted by Crippen LogP contribution is 2.24. The van der Waals surface area contributed by atoms with Crippen LogP contribution in [0.4, 0.5) is 0 Å². The van der Waals surface area contributed by atoms with Crippen LogP contribution in [0.2, 0.25) is 0 Å². The van der Waals surface area contributed by atoms with Crippen LogP contribution in [0.25, 0.3) is 11.1 Å². The van der Waals surface area contributed by atoms with Crippen LogP contribution in [0.5, 0.6) is 0 Å². The van der Waals surface area contributed by atoms with Gasteiger partial charge in [-0.3, -0.25) is 0 Å². The van der Waals surface area contributed by atoms with Gasteiger partial charge in [0.15, 0.2) is 0 Å². The molecular weight excluding hydrogens is 268 g/mol. The predicted octanol–water partition coefficient (Wildman–Crippen LogP) is 4.97. The summed E-state index contributed by atoms with van der Waals surface area (Å²) in [5, 5.41) is 9.20. The van der Waals surface area contributed by atoms with E-state index in [2.05, 4.69) is 63.1 Å². The lowest BCUT2D eigenvalue weighted by atomic mass is 9.99. The number of hydrogen-bond acceptors (Lipinski definition) is 2. The summed E-state index contributed by atoms with van der Waals surface area (Å²) < 4.78 is 0. The minimum Gasteiger partial charge on any atom is -0.374 e. The fourth-order valence-corrected chi connectivity index (χ4v) is 2.40. The van der Waals surface area contributed by atoms with Gasteiger partial charge in [-0.25, -0.2) is 0 Å². The van der Waals surface area contributed by atoms with Crippen molar-refractivity contribution in [2.75, 3.05) is 7.05 Å². The molecule has 22 heavy (non-hydrogen) atoms. The molecule has 2 heteroatoms. The summed E-state index contributed by atoms with van der Waals surface area (Å²) in [6.07, 6.45) is 0. The molecule has 0 saturated heterocycles. The molecule has 0 unspecified atom stereocenters. The molecule has 0 fully saturated rings. The van der Waals surface area contributed by atoms with Gasteiger partial charge in [0.1, 0.15) is 0 Å². The summed E-state index contributed by atoms with van der Waals surface area (Å²) in [6, 6.07) is 18.4. The second-order valence-electron chi connectivity index (χ2n) is 5.80. The lowest BCUT2D eigenvalue weighted by Gasteiger charge is -2.21. The van der Waals surface area contributed by atoms with Crippen molar-refractivity contribution in [1.82, 2.24) is 4.90 Å². The SMILES string of the molecule is CC(C)=C(C)N(C)Cc1ccc(-c2ccccc2C#N)cc1. The Morgan fingerprint density at radius 3 is 2.23 bits per heavy atom. The molecular formula is C20H22N2. The Bertz CT molecular complexity index is 714. The van der Waals surface area contributed by atoms with E-state index in [1.54, 1.807) is 0 Å². The number of nitrogens with zero attached hydrogens (tertiary/aromatic N) is 2. The van der Waals surface area contributed by atoms with Crippen LogP contribution in [0.15, 0.2) is 59.8 Å². The molecule has 0 aliphatic heterocycles. The zero-order valence-corrected chi connectivity index (χ0v) is 13.7. The Morgan fingerprint density at radius 1 is 1.00 bits per heavy atom. The molecule has 2 aromatic carbocycles. The molecule has 0 N–H and O–H groups in total. The fraction of sp³-hybridized carbons (Fsp3) is 0.250. The van der Waals surface area contributed by atoms with E-state index in [1.165, 1.54) is 16.8 Å². The summed E-state index contributed by atoms with van der Waals surface area (Å²) in [5.41, 5.74) is 6.70. The van der Waals surface area contributed by atoms with Crippen LogP contribution < -0.4 is 0 Å². The van der Waals surface area contributed by atoms with Gasteiger partial charge in [0.2, 0.25) is 0 Å². The smallest absolute Gasteiger partial charge is 0.0998 e. The summed E-state index contributed by atoms with van der Waals surface area (Å²) in [7, 11) is 2.11. The van der Waals surface area contributed by atoms with Gasteiger partial charge < -0.3 is 4.90 Å². The highest BCUT2D eigenvalue weighted by Gasteiger charge is 2.06. The summed E-state index contributed by atoms with van der Waals surface area (Å²) >= 11 is 0. The molecule has 2 rings (SSSR count). The second kappa shape index (κ2) is 6.95. The third-order valence-electron chi connectivity index (χ3n) is 4.03. The van der Waals surface area contributed by atoms with Crippen molar-refractivity contribution in [2.24, 2.45) is 0 Å². The first-order chi connectivity index (χ1) is 10.5. The Kier molecular flexibility index (Phi) is 5.01. The minimum absolute atomic E-state index is 0.716. The Morgan fingerprint density at radius 2 is 1.64 bits per heavy atom. The van der Waals surface area contributed by atoms with E-state index in [4.69, 9.17) is 0 Å². The Balaban J connectivity index is 2.21. The molecule has 0 radical (unpaired) electrons. The first-order valence-corrected chi connectivity index (χ1v) is 7.46. The third-order valence-corrected chi connectivity index (χ3v) is 4.03. The van der Waals surface area contributed by atoms with Crippen LogP contribution in [0.1, 0.15) is 31.9 Å². The van der Waals surface area contributed by atoms with Crippen molar-refractivity contribution in [3.8, 4) is 17.2 Å². The lowest BCUT2D eigenvalue weighted by Crippen LogP contribution is -2.16. The maximum absolute atomic E-state index is 9.20. The molecule has 2 nitrogen and oxygen atoms in total. The van der Waals surface area contributed by atoms with Gasteiger partial charge in [-0.05, 0) is 43.5 Å². The normalized spacial score (nSPS) is 9.95. The second-order valence-corrected chi connectivity index (χ2v) is 5.80. The topological polar surface area (TPSA) is 27.0 Å². The van der Waals surface area contributed by atoms with Crippen molar-refractivity contribution in [1.29, 1.82) is 5.26 Å². The fourth-order valence-electron chi connectivity index (χ4n) is 2.40. The van der Waals surface area contributed by atoms with Crippen LogP contribution in [0.3, 0.4) is 0 Å². The van der Waals surface area contributed by atoms with Crippen LogP contribution in [-0.2, 0) is 6.54 Å². The molecule has 0 atom stereocenters. The van der Waals surface area contributed by atoms with E-state index in [9.17, 15) is 5.26 Å². The Hall–Kier alpha value is -2.53. The standard InChI is InChI=1S/C20H22N2/c1-15(2)16(3)22(4)14-17-9-11-18(12-10-17)20-8-6-5-7-19(20)13-21/h5-12H,14H2,1-4H3. The van der Waals surface area contributed by atoms with Crippen molar-refractivity contribution in [3.63, 3.8) is 0 Å². The quantitative estimate of drug-likeness (QED) is 0.794. The van der Waals surface area contributed by atoms with Gasteiger partial charge in [0.25, 0.3) is 0 Å². The predicted molar refractivity (Wildman–Crippen MR) is 92.1 cm³/mol. The van der Waals surface area contributed by atoms with Crippen molar-refractivity contribution in [2.45, 2.75) is 27.3 Å². The van der Waals surface area contributed by atoms with E-state index in [-0.39, 0.29) is 0 Å². The van der Waals surface area contributed by atoms with Crippen molar-refractivity contribution < 1.29 is 0 Å². The van der Waals surface area contributed by atoms with Gasteiger partial charge in [-0.1, -0.05) is 48.0 Å². The number of nitriles is 1. The molecule has 0 aliphatic carbocycles. The highest BCUT2D eigenvalue weighted by atomic mass is 15.1. The Labute approximate surface area is 133 Å². The average Bonchev–Trinajstić information content (AvgIpc) is 2.54. The lowest BCUT2D eigenvalue weighted by molar-refractivity contribution is 0.407. The molecule has 0 spiro atoms. The monoisotopic (exact) mass is 290 g/mol. The molecule has 0 saturated carbocycles. The molecule has 112 valence electrons. The molecule has 0 bridgehead atoms. The van der Waals surface area contributed by atoms with E-state index < -0.39 is 0 Å². The molecule has 0 amide bonds. The first kappa shape index (κ1) is 15.9. The highest BCUT2D eigenvalue weighted by molar-refractivity contribution is 5.70. The van der Waals surface area contributed by atoms with E-state index in [0.717, 1.165) is 17.7 Å². The van der Waals surface area contributed by atoms with Crippen molar-refractivity contribution >= 4 is 0 Å². The van der Waals surface area contributed by atoms with Gasteiger partial charge in [-0.2, -0.15) is 5.26 Å². The van der Waals surface area contributed by atoms with Gasteiger partial charge >= 0.3 is 0 Å². The van der Waals surface area contributed by atoms with Crippen LogP contribution >= 0.6 is 0 Å². The number of benzene rings is 2. The van der Waals surface area contributed by atoms with Crippen LogP contribution in [0, 0.1) is 11.3 Å². The van der Waals surface area contributed by atoms with Crippen LogP contribution in [-0.4, -0.2) is 11.9 Å². The van der Waals surface area contributed by atoms with E-state index in [1.807, 2.05) is 24.3 Å². The number of allylic oxidation sites excluding steroid dienone is 2. The summed E-state index contributed by atoms with van der Waals surface area (Å²) in [6.45, 7) is 7.30.